The lowest BCUT2D eigenvalue weighted by molar-refractivity contribution is -0.129. The molecule has 1 N–H and O–H groups in total. The van der Waals surface area contributed by atoms with Gasteiger partial charge in [-0.3, -0.25) is 9.89 Å². The first-order valence-electron chi connectivity index (χ1n) is 11.1. The smallest absolute Gasteiger partial charge is 0.223 e. The molecule has 2 aromatic carbocycles. The van der Waals surface area contributed by atoms with E-state index in [1.807, 2.05) is 13.0 Å². The maximum Gasteiger partial charge on any atom is 0.223 e. The molecule has 33 heavy (non-hydrogen) atoms. The van der Waals surface area contributed by atoms with Crippen LogP contribution < -0.4 is 0 Å². The van der Waals surface area contributed by atoms with E-state index in [4.69, 9.17) is 0 Å². The van der Waals surface area contributed by atoms with Crippen LogP contribution in [0.5, 0.6) is 0 Å². The number of rotatable bonds is 11. The first kappa shape index (κ1) is 24.6. The van der Waals surface area contributed by atoms with Gasteiger partial charge in [-0.05, 0) is 68.7 Å². The number of aromatic amines is 1. The molecule has 3 aromatic rings. The Kier molecular flexibility index (Phi) is 8.38. The third kappa shape index (κ3) is 7.25. The Labute approximate surface area is 194 Å². The van der Waals surface area contributed by atoms with E-state index in [1.54, 1.807) is 48.3 Å². The maximum atomic E-state index is 13.1. The average Bonchev–Trinajstić information content (AvgIpc) is 3.27. The van der Waals surface area contributed by atoms with Crippen molar-refractivity contribution >= 4 is 15.7 Å². The number of sulfone groups is 1. The van der Waals surface area contributed by atoms with Crippen molar-refractivity contribution in [3.8, 4) is 11.3 Å². The Morgan fingerprint density at radius 3 is 2.42 bits per heavy atom. The first-order valence-corrected chi connectivity index (χ1v) is 12.7. The van der Waals surface area contributed by atoms with Crippen molar-refractivity contribution in [1.29, 1.82) is 0 Å². The predicted octanol–water partition coefficient (Wildman–Crippen LogP) is 4.56. The van der Waals surface area contributed by atoms with Crippen LogP contribution in [0, 0.1) is 12.7 Å². The van der Waals surface area contributed by atoms with Crippen molar-refractivity contribution in [1.82, 2.24) is 15.1 Å². The van der Waals surface area contributed by atoms with Gasteiger partial charge in [0.2, 0.25) is 5.91 Å². The molecule has 0 bridgehead atoms. The van der Waals surface area contributed by atoms with Gasteiger partial charge in [-0.1, -0.05) is 24.1 Å². The van der Waals surface area contributed by atoms with Gasteiger partial charge in [0.25, 0.3) is 0 Å². The van der Waals surface area contributed by atoms with Crippen LogP contribution in [-0.4, -0.2) is 48.8 Å². The summed E-state index contributed by atoms with van der Waals surface area (Å²) in [7, 11) is -1.75. The summed E-state index contributed by atoms with van der Waals surface area (Å²) >= 11 is 0. The van der Waals surface area contributed by atoms with Gasteiger partial charge in [0.05, 0.1) is 16.3 Å². The number of amides is 1. The number of nitrogens with zero attached hydrogens (tertiary/aromatic N) is 2. The highest BCUT2D eigenvalue weighted by Crippen LogP contribution is 2.19. The first-order chi connectivity index (χ1) is 15.7. The number of carbonyl (C=O) groups is 1. The summed E-state index contributed by atoms with van der Waals surface area (Å²) in [6, 6.07) is 14.9. The van der Waals surface area contributed by atoms with Crippen molar-refractivity contribution < 1.29 is 17.6 Å². The van der Waals surface area contributed by atoms with Gasteiger partial charge in [-0.2, -0.15) is 5.10 Å². The van der Waals surface area contributed by atoms with Gasteiger partial charge in [-0.15, -0.1) is 0 Å². The van der Waals surface area contributed by atoms with Gasteiger partial charge < -0.3 is 4.90 Å². The zero-order valence-electron chi connectivity index (χ0n) is 19.1. The van der Waals surface area contributed by atoms with Crippen LogP contribution >= 0.6 is 0 Å². The van der Waals surface area contributed by atoms with Gasteiger partial charge in [-0.25, -0.2) is 12.8 Å². The summed E-state index contributed by atoms with van der Waals surface area (Å²) in [5, 5.41) is 7.30. The van der Waals surface area contributed by atoms with Gasteiger partial charge in [0, 0.05) is 31.3 Å². The number of nitrogens with one attached hydrogen (secondary N) is 1. The second-order valence-electron chi connectivity index (χ2n) is 8.29. The highest BCUT2D eigenvalue weighted by atomic mass is 32.2. The van der Waals surface area contributed by atoms with Gasteiger partial charge in [0.1, 0.15) is 5.82 Å². The molecule has 0 saturated carbocycles. The quantitative estimate of drug-likeness (QED) is 0.416. The molecule has 0 radical (unpaired) electrons. The van der Waals surface area contributed by atoms with Crippen LogP contribution in [0.25, 0.3) is 11.3 Å². The Bertz CT molecular complexity index is 1160. The van der Waals surface area contributed by atoms with E-state index in [0.717, 1.165) is 48.2 Å². The molecule has 1 aromatic heterocycles. The summed E-state index contributed by atoms with van der Waals surface area (Å²) in [4.78, 5) is 14.2. The van der Waals surface area contributed by atoms with Crippen LogP contribution in [-0.2, 0) is 21.1 Å². The molecule has 8 heteroatoms. The second kappa shape index (κ2) is 11.2. The highest BCUT2D eigenvalue weighted by molar-refractivity contribution is 7.91. The fourth-order valence-corrected chi connectivity index (χ4v) is 4.73. The number of H-pyrrole nitrogens is 1. The van der Waals surface area contributed by atoms with Crippen LogP contribution in [0.3, 0.4) is 0 Å². The van der Waals surface area contributed by atoms with E-state index in [2.05, 4.69) is 10.2 Å². The molecular formula is C25H30FN3O3S. The van der Waals surface area contributed by atoms with E-state index in [-0.39, 0.29) is 28.8 Å². The number of hydrogen-bond acceptors (Lipinski definition) is 4. The van der Waals surface area contributed by atoms with Crippen LogP contribution in [0.4, 0.5) is 4.39 Å². The molecule has 176 valence electrons. The fourth-order valence-electron chi connectivity index (χ4n) is 3.50. The van der Waals surface area contributed by atoms with Gasteiger partial charge >= 0.3 is 0 Å². The summed E-state index contributed by atoms with van der Waals surface area (Å²) in [6.45, 7) is 2.49. The molecule has 3 rings (SSSR count). The van der Waals surface area contributed by atoms with Crippen molar-refractivity contribution in [2.24, 2.45) is 0 Å². The van der Waals surface area contributed by atoms with E-state index >= 15 is 0 Å². The van der Waals surface area contributed by atoms with E-state index in [9.17, 15) is 17.6 Å². The van der Waals surface area contributed by atoms with Crippen LogP contribution in [0.2, 0.25) is 0 Å². The normalized spacial score (nSPS) is 11.5. The molecule has 0 aliphatic heterocycles. The molecule has 0 saturated heterocycles. The maximum absolute atomic E-state index is 13.1. The molecule has 0 aliphatic rings. The molecule has 0 aliphatic carbocycles. The Morgan fingerprint density at radius 2 is 1.73 bits per heavy atom. The van der Waals surface area contributed by atoms with Gasteiger partial charge in [0.15, 0.2) is 9.84 Å². The van der Waals surface area contributed by atoms with Crippen LogP contribution in [0.1, 0.15) is 36.9 Å². The van der Waals surface area contributed by atoms with Crippen molar-refractivity contribution in [3.05, 3.63) is 71.7 Å². The zero-order valence-corrected chi connectivity index (χ0v) is 19.9. The predicted molar refractivity (Wildman–Crippen MR) is 127 cm³/mol. The lowest BCUT2D eigenvalue weighted by atomic mass is 10.1. The third-order valence-electron chi connectivity index (χ3n) is 5.60. The third-order valence-corrected chi connectivity index (χ3v) is 7.33. The van der Waals surface area contributed by atoms with Crippen molar-refractivity contribution in [3.63, 3.8) is 0 Å². The molecule has 0 unspecified atom stereocenters. The minimum Gasteiger partial charge on any atom is -0.346 e. The van der Waals surface area contributed by atoms with E-state index in [1.165, 1.54) is 12.1 Å². The topological polar surface area (TPSA) is 83.1 Å². The zero-order chi connectivity index (χ0) is 23.8. The van der Waals surface area contributed by atoms with Crippen molar-refractivity contribution in [2.75, 3.05) is 19.3 Å². The molecule has 6 nitrogen and oxygen atoms in total. The highest BCUT2D eigenvalue weighted by Gasteiger charge is 2.18. The van der Waals surface area contributed by atoms with Crippen LogP contribution in [0.15, 0.2) is 59.5 Å². The number of aryl methyl sites for hydroxylation is 2. The molecule has 1 heterocycles. The number of halogens is 1. The number of unbranched alkanes of at least 4 members (excludes halogenated alkanes) is 2. The lowest BCUT2D eigenvalue weighted by Crippen LogP contribution is -2.29. The summed E-state index contributed by atoms with van der Waals surface area (Å²) in [5.41, 5.74) is 3.66. The average molecular weight is 472 g/mol. The van der Waals surface area contributed by atoms with E-state index in [0.29, 0.717) is 6.54 Å². The summed E-state index contributed by atoms with van der Waals surface area (Å²) in [6.07, 6.45) is 3.53. The molecular weight excluding hydrogens is 441 g/mol. The Morgan fingerprint density at radius 1 is 1.03 bits per heavy atom. The second-order valence-corrected chi connectivity index (χ2v) is 10.4. The summed E-state index contributed by atoms with van der Waals surface area (Å²) < 4.78 is 37.9. The number of hydrogen-bond donors (Lipinski definition) is 1. The Hall–Kier alpha value is -3.00. The molecule has 0 atom stereocenters. The number of carbonyl (C=O) groups excluding carboxylic acids is 1. The molecule has 1 amide bonds. The fraction of sp³-hybridized carbons (Fsp3) is 0.360. The number of benzene rings is 2. The minimum atomic E-state index is -3.46. The largest absolute Gasteiger partial charge is 0.346 e. The molecule has 0 spiro atoms. The number of aromatic nitrogens is 2. The standard InChI is InChI=1S/C25H30FN3O3S/c1-19-7-13-23(14-8-19)33(31,32)17-15-25(30)29(2)16-5-3-4-6-22-18-24(28-27-22)20-9-11-21(26)12-10-20/h7-14,18H,3-6,15-17H2,1-2H3,(H,27,28). The Balaban J connectivity index is 1.35. The molecule has 0 fully saturated rings. The summed E-state index contributed by atoms with van der Waals surface area (Å²) in [5.74, 6) is -0.621. The lowest BCUT2D eigenvalue weighted by Gasteiger charge is -2.17. The van der Waals surface area contributed by atoms with E-state index < -0.39 is 9.84 Å². The minimum absolute atomic E-state index is 0.0208. The monoisotopic (exact) mass is 471 g/mol. The van der Waals surface area contributed by atoms with Crippen molar-refractivity contribution in [2.45, 2.75) is 43.9 Å². The SMILES string of the molecule is Cc1ccc(S(=O)(=O)CCC(=O)N(C)CCCCCc2cc(-c3ccc(F)cc3)n[nH]2)cc1.